The number of halogens is 1. The van der Waals surface area contributed by atoms with E-state index < -0.39 is 0 Å². The third-order valence-electron chi connectivity index (χ3n) is 4.72. The Labute approximate surface area is 183 Å². The average molecular weight is 465 g/mol. The Morgan fingerprint density at radius 1 is 0.933 bits per heavy atom. The minimum atomic E-state index is -0.285. The van der Waals surface area contributed by atoms with Crippen LogP contribution in [-0.4, -0.2) is 24.5 Å². The molecule has 3 aromatic rings. The first-order valence-corrected chi connectivity index (χ1v) is 10.6. The molecule has 2 N–H and O–H groups in total. The molecule has 5 nitrogen and oxygen atoms in total. The maximum Gasteiger partial charge on any atom is 0.262 e. The van der Waals surface area contributed by atoms with Crippen molar-refractivity contribution >= 4 is 33.4 Å². The second-order valence-electron chi connectivity index (χ2n) is 7.20. The third kappa shape index (κ3) is 5.48. The van der Waals surface area contributed by atoms with Crippen molar-refractivity contribution in [3.05, 3.63) is 82.8 Å². The van der Waals surface area contributed by atoms with Crippen molar-refractivity contribution < 1.29 is 14.3 Å². The smallest absolute Gasteiger partial charge is 0.262 e. The fourth-order valence-electron chi connectivity index (χ4n) is 2.97. The molecule has 0 unspecified atom stereocenters. The summed E-state index contributed by atoms with van der Waals surface area (Å²) in [5.41, 5.74) is 3.27. The Kier molecular flexibility index (Phi) is 6.14. The molecule has 0 saturated heterocycles. The second-order valence-corrected chi connectivity index (χ2v) is 8.11. The highest BCUT2D eigenvalue weighted by atomic mass is 79.9. The minimum absolute atomic E-state index is 0.115. The quantitative estimate of drug-likeness (QED) is 0.515. The van der Waals surface area contributed by atoms with Gasteiger partial charge in [0.15, 0.2) is 6.61 Å². The van der Waals surface area contributed by atoms with Crippen LogP contribution in [0.2, 0.25) is 0 Å². The number of ether oxygens (including phenoxy) is 1. The number of anilines is 1. The van der Waals surface area contributed by atoms with Crippen LogP contribution in [-0.2, 0) is 4.79 Å². The molecule has 2 amide bonds. The summed E-state index contributed by atoms with van der Waals surface area (Å²) in [6, 6.07) is 22.8. The van der Waals surface area contributed by atoms with Crippen LogP contribution < -0.4 is 15.4 Å². The summed E-state index contributed by atoms with van der Waals surface area (Å²) in [4.78, 5) is 24.4. The molecule has 30 heavy (non-hydrogen) atoms. The zero-order chi connectivity index (χ0) is 20.9. The van der Waals surface area contributed by atoms with Gasteiger partial charge in [0.25, 0.3) is 11.8 Å². The molecule has 6 heteroatoms. The summed E-state index contributed by atoms with van der Waals surface area (Å²) in [5.74, 6) is 0.214. The van der Waals surface area contributed by atoms with Gasteiger partial charge in [-0.15, -0.1) is 0 Å². The Bertz CT molecular complexity index is 1040. The number of benzene rings is 3. The molecule has 1 fully saturated rings. The first kappa shape index (κ1) is 20.2. The van der Waals surface area contributed by atoms with Gasteiger partial charge < -0.3 is 15.4 Å². The largest absolute Gasteiger partial charge is 0.484 e. The van der Waals surface area contributed by atoms with Gasteiger partial charge in [-0.25, -0.2) is 0 Å². The van der Waals surface area contributed by atoms with E-state index in [1.165, 1.54) is 0 Å². The lowest BCUT2D eigenvalue weighted by Crippen LogP contribution is -2.25. The molecule has 0 heterocycles. The lowest BCUT2D eigenvalue weighted by atomic mass is 10.1. The van der Waals surface area contributed by atoms with Crippen LogP contribution in [0.1, 0.15) is 23.2 Å². The van der Waals surface area contributed by atoms with Gasteiger partial charge in [-0.05, 0) is 66.4 Å². The topological polar surface area (TPSA) is 67.4 Å². The number of hydrogen-bond acceptors (Lipinski definition) is 3. The van der Waals surface area contributed by atoms with Gasteiger partial charge in [0.05, 0.1) is 0 Å². The molecule has 1 aliphatic carbocycles. The molecule has 152 valence electrons. The number of amides is 2. The zero-order valence-corrected chi connectivity index (χ0v) is 17.8. The van der Waals surface area contributed by atoms with E-state index in [1.54, 1.807) is 24.3 Å². The Morgan fingerprint density at radius 3 is 2.27 bits per heavy atom. The van der Waals surface area contributed by atoms with Gasteiger partial charge in [-0.1, -0.05) is 46.3 Å². The molecule has 1 saturated carbocycles. The lowest BCUT2D eigenvalue weighted by molar-refractivity contribution is -0.118. The summed E-state index contributed by atoms with van der Waals surface area (Å²) in [6.07, 6.45) is 2.06. The number of rotatable bonds is 7. The molecular weight excluding hydrogens is 444 g/mol. The number of carbonyl (C=O) groups is 2. The van der Waals surface area contributed by atoms with E-state index in [9.17, 15) is 9.59 Å². The van der Waals surface area contributed by atoms with Crippen LogP contribution in [0, 0.1) is 0 Å². The highest BCUT2D eigenvalue weighted by Crippen LogP contribution is 2.24. The molecule has 0 atom stereocenters. The SMILES string of the molecule is O=C(COc1ccc(-c2ccc(Br)cc2)cc1)Nc1cccc(C(=O)NC2CC2)c1. The van der Waals surface area contributed by atoms with Gasteiger partial charge in [0.2, 0.25) is 0 Å². The maximum atomic E-state index is 12.2. The second kappa shape index (κ2) is 9.13. The van der Waals surface area contributed by atoms with Crippen molar-refractivity contribution in [1.29, 1.82) is 0 Å². The first-order chi connectivity index (χ1) is 14.6. The van der Waals surface area contributed by atoms with Crippen molar-refractivity contribution in [2.45, 2.75) is 18.9 Å². The van der Waals surface area contributed by atoms with Gasteiger partial charge in [-0.2, -0.15) is 0 Å². The lowest BCUT2D eigenvalue weighted by Gasteiger charge is -2.10. The third-order valence-corrected chi connectivity index (χ3v) is 5.25. The summed E-state index contributed by atoms with van der Waals surface area (Å²) < 4.78 is 6.62. The molecule has 3 aromatic carbocycles. The van der Waals surface area contributed by atoms with Gasteiger partial charge in [0, 0.05) is 21.8 Å². The number of hydrogen-bond donors (Lipinski definition) is 2. The van der Waals surface area contributed by atoms with Crippen molar-refractivity contribution in [1.82, 2.24) is 5.32 Å². The molecule has 0 radical (unpaired) electrons. The summed E-state index contributed by atoms with van der Waals surface area (Å²) in [5, 5.41) is 5.71. The summed E-state index contributed by atoms with van der Waals surface area (Å²) in [7, 11) is 0. The van der Waals surface area contributed by atoms with Crippen LogP contribution in [0.4, 0.5) is 5.69 Å². The molecule has 0 aromatic heterocycles. The molecule has 0 bridgehead atoms. The number of nitrogens with one attached hydrogen (secondary N) is 2. The monoisotopic (exact) mass is 464 g/mol. The zero-order valence-electron chi connectivity index (χ0n) is 16.2. The number of carbonyl (C=O) groups excluding carboxylic acids is 2. The fraction of sp³-hybridized carbons (Fsp3) is 0.167. The summed E-state index contributed by atoms with van der Waals surface area (Å²) in [6.45, 7) is -0.115. The van der Waals surface area contributed by atoms with Crippen molar-refractivity contribution in [2.24, 2.45) is 0 Å². The Morgan fingerprint density at radius 2 is 1.60 bits per heavy atom. The van der Waals surface area contributed by atoms with E-state index in [4.69, 9.17) is 4.74 Å². The predicted octanol–water partition coefficient (Wildman–Crippen LogP) is 5.03. The van der Waals surface area contributed by atoms with E-state index in [1.807, 2.05) is 48.5 Å². The molecular formula is C24H21BrN2O3. The maximum absolute atomic E-state index is 12.2. The standard InChI is InChI=1S/C24H21BrN2O3/c25-19-8-4-16(5-9-19)17-6-12-22(13-7-17)30-15-23(28)26-21-3-1-2-18(14-21)24(29)27-20-10-11-20/h1-9,12-14,20H,10-11,15H2,(H,26,28)(H,27,29). The molecule has 0 aliphatic heterocycles. The molecule has 1 aliphatic rings. The highest BCUT2D eigenvalue weighted by Gasteiger charge is 2.23. The van der Waals surface area contributed by atoms with Crippen LogP contribution in [0.25, 0.3) is 11.1 Å². The molecule has 4 rings (SSSR count). The van der Waals surface area contributed by atoms with Gasteiger partial charge in [0.1, 0.15) is 5.75 Å². The predicted molar refractivity (Wildman–Crippen MR) is 121 cm³/mol. The van der Waals surface area contributed by atoms with E-state index in [2.05, 4.69) is 26.6 Å². The molecule has 0 spiro atoms. The normalized spacial score (nSPS) is 12.8. The van der Waals surface area contributed by atoms with Crippen LogP contribution in [0.15, 0.2) is 77.3 Å². The van der Waals surface area contributed by atoms with E-state index in [0.29, 0.717) is 23.0 Å². The summed E-state index contributed by atoms with van der Waals surface area (Å²) >= 11 is 3.43. The Balaban J connectivity index is 1.30. The Hall–Kier alpha value is -3.12. The van der Waals surface area contributed by atoms with E-state index >= 15 is 0 Å². The fourth-order valence-corrected chi connectivity index (χ4v) is 3.23. The van der Waals surface area contributed by atoms with Crippen molar-refractivity contribution in [3.63, 3.8) is 0 Å². The van der Waals surface area contributed by atoms with E-state index in [0.717, 1.165) is 28.4 Å². The van der Waals surface area contributed by atoms with Crippen LogP contribution in [0.3, 0.4) is 0 Å². The van der Waals surface area contributed by atoms with Gasteiger partial charge >= 0.3 is 0 Å². The van der Waals surface area contributed by atoms with Crippen molar-refractivity contribution in [2.75, 3.05) is 11.9 Å². The minimum Gasteiger partial charge on any atom is -0.484 e. The first-order valence-electron chi connectivity index (χ1n) is 9.76. The van der Waals surface area contributed by atoms with E-state index in [-0.39, 0.29) is 18.4 Å². The van der Waals surface area contributed by atoms with Crippen molar-refractivity contribution in [3.8, 4) is 16.9 Å². The average Bonchev–Trinajstić information content (AvgIpc) is 3.57. The van der Waals surface area contributed by atoms with Gasteiger partial charge in [-0.3, -0.25) is 9.59 Å². The van der Waals surface area contributed by atoms with Crippen LogP contribution in [0.5, 0.6) is 5.75 Å². The highest BCUT2D eigenvalue weighted by molar-refractivity contribution is 9.10. The van der Waals surface area contributed by atoms with Crippen LogP contribution >= 0.6 is 15.9 Å².